The molecule has 3 aromatic rings. The van der Waals surface area contributed by atoms with Crippen molar-refractivity contribution in [3.05, 3.63) is 65.6 Å². The van der Waals surface area contributed by atoms with Gasteiger partial charge in [-0.15, -0.1) is 0 Å². The van der Waals surface area contributed by atoms with Gasteiger partial charge in [0.2, 0.25) is 0 Å². The molecule has 5 nitrogen and oxygen atoms in total. The number of anilines is 1. The zero-order valence-electron chi connectivity index (χ0n) is 15.1. The summed E-state index contributed by atoms with van der Waals surface area (Å²) >= 11 is 0. The number of hydrogen-bond acceptors (Lipinski definition) is 4. The summed E-state index contributed by atoms with van der Waals surface area (Å²) in [5.41, 5.74) is 1.73. The Balaban J connectivity index is 1.47. The molecule has 5 heteroatoms. The first-order valence-electron chi connectivity index (χ1n) is 8.95. The summed E-state index contributed by atoms with van der Waals surface area (Å²) in [5.74, 6) is 1.84. The lowest BCUT2D eigenvalue weighted by Gasteiger charge is -2.35. The largest absolute Gasteiger partial charge is 0.353 e. The number of fused-ring (bicyclic) bond motifs is 1. The van der Waals surface area contributed by atoms with E-state index in [1.165, 1.54) is 0 Å². The number of aryl methyl sites for hydroxylation is 2. The molecule has 26 heavy (non-hydrogen) atoms. The fourth-order valence-electron chi connectivity index (χ4n) is 3.50. The van der Waals surface area contributed by atoms with Gasteiger partial charge < -0.3 is 9.80 Å². The molecular formula is C21H22N4O. The molecule has 0 radical (unpaired) electrons. The highest BCUT2D eigenvalue weighted by molar-refractivity contribution is 5.98. The lowest BCUT2D eigenvalue weighted by molar-refractivity contribution is 0.0746. The number of carbonyl (C=O) groups is 1. The van der Waals surface area contributed by atoms with Crippen LogP contribution >= 0.6 is 0 Å². The molecule has 2 aromatic carbocycles. The van der Waals surface area contributed by atoms with E-state index in [2.05, 4.69) is 20.9 Å². The summed E-state index contributed by atoms with van der Waals surface area (Å²) < 4.78 is 0. The predicted octanol–water partition coefficient (Wildman–Crippen LogP) is 3.21. The smallest absolute Gasteiger partial charge is 0.253 e. The molecule has 1 aliphatic heterocycles. The van der Waals surface area contributed by atoms with Crippen LogP contribution in [0.1, 0.15) is 21.9 Å². The lowest BCUT2D eigenvalue weighted by Crippen LogP contribution is -2.49. The van der Waals surface area contributed by atoms with Crippen molar-refractivity contribution >= 4 is 22.5 Å². The molecule has 1 amide bonds. The van der Waals surface area contributed by atoms with Crippen molar-refractivity contribution < 1.29 is 4.79 Å². The summed E-state index contributed by atoms with van der Waals surface area (Å²) in [6.07, 6.45) is 0. The van der Waals surface area contributed by atoms with Crippen LogP contribution in [0.3, 0.4) is 0 Å². The number of benzene rings is 2. The van der Waals surface area contributed by atoms with E-state index in [9.17, 15) is 4.79 Å². The summed E-state index contributed by atoms with van der Waals surface area (Å²) in [6, 6.07) is 16.1. The quantitative estimate of drug-likeness (QED) is 0.715. The van der Waals surface area contributed by atoms with E-state index < -0.39 is 0 Å². The van der Waals surface area contributed by atoms with Gasteiger partial charge in [0.25, 0.3) is 5.91 Å². The highest BCUT2D eigenvalue weighted by Gasteiger charge is 2.23. The Labute approximate surface area is 153 Å². The summed E-state index contributed by atoms with van der Waals surface area (Å²) in [4.78, 5) is 25.9. The van der Waals surface area contributed by atoms with E-state index in [0.29, 0.717) is 13.1 Å². The van der Waals surface area contributed by atoms with Crippen molar-refractivity contribution in [1.82, 2.24) is 14.9 Å². The molecule has 4 rings (SSSR count). The summed E-state index contributed by atoms with van der Waals surface area (Å²) in [5, 5.41) is 2.26. The molecule has 0 unspecified atom stereocenters. The highest BCUT2D eigenvalue weighted by atomic mass is 16.2. The molecule has 1 fully saturated rings. The van der Waals surface area contributed by atoms with Crippen LogP contribution in [-0.2, 0) is 0 Å². The topological polar surface area (TPSA) is 49.3 Å². The first kappa shape index (κ1) is 16.5. The lowest BCUT2D eigenvalue weighted by atomic mass is 10.1. The molecule has 2 heterocycles. The first-order valence-corrected chi connectivity index (χ1v) is 8.95. The van der Waals surface area contributed by atoms with Gasteiger partial charge in [0.1, 0.15) is 11.6 Å². The van der Waals surface area contributed by atoms with E-state index in [-0.39, 0.29) is 5.91 Å². The number of aromatic nitrogens is 2. The average molecular weight is 346 g/mol. The third-order valence-electron chi connectivity index (χ3n) is 4.84. The Bertz CT molecular complexity index is 941. The fraction of sp³-hybridized carbons (Fsp3) is 0.286. The van der Waals surface area contributed by atoms with Gasteiger partial charge in [0.15, 0.2) is 0 Å². The number of nitrogens with zero attached hydrogens (tertiary/aromatic N) is 4. The van der Waals surface area contributed by atoms with Gasteiger partial charge in [-0.3, -0.25) is 4.79 Å². The third-order valence-corrected chi connectivity index (χ3v) is 4.84. The van der Waals surface area contributed by atoms with Crippen molar-refractivity contribution in [1.29, 1.82) is 0 Å². The summed E-state index contributed by atoms with van der Waals surface area (Å²) in [7, 11) is 0. The van der Waals surface area contributed by atoms with E-state index in [0.717, 1.165) is 46.8 Å². The second kappa shape index (κ2) is 6.75. The van der Waals surface area contributed by atoms with Crippen LogP contribution in [-0.4, -0.2) is 47.0 Å². The van der Waals surface area contributed by atoms with Gasteiger partial charge >= 0.3 is 0 Å². The van der Waals surface area contributed by atoms with E-state index >= 15 is 0 Å². The molecule has 132 valence electrons. The molecule has 1 aromatic heterocycles. The van der Waals surface area contributed by atoms with Crippen LogP contribution in [0.5, 0.6) is 0 Å². The minimum Gasteiger partial charge on any atom is -0.353 e. The van der Waals surface area contributed by atoms with Gasteiger partial charge in [-0.2, -0.15) is 0 Å². The Morgan fingerprint density at radius 3 is 2.35 bits per heavy atom. The van der Waals surface area contributed by atoms with Gasteiger partial charge in [0.05, 0.1) is 0 Å². The highest BCUT2D eigenvalue weighted by Crippen LogP contribution is 2.19. The SMILES string of the molecule is Cc1cc(N2CCN(C(=O)c3ccc4ccccc4c3)CC2)nc(C)n1. The predicted molar refractivity (Wildman–Crippen MR) is 104 cm³/mol. The normalized spacial score (nSPS) is 14.7. The monoisotopic (exact) mass is 346 g/mol. The van der Waals surface area contributed by atoms with E-state index in [1.807, 2.05) is 61.2 Å². The van der Waals surface area contributed by atoms with Crippen LogP contribution in [0.15, 0.2) is 48.5 Å². The van der Waals surface area contributed by atoms with Crippen molar-refractivity contribution in [2.75, 3.05) is 31.1 Å². The molecule has 1 saturated heterocycles. The standard InChI is InChI=1S/C21H22N4O/c1-15-13-20(23-16(2)22-15)24-9-11-25(12-10-24)21(26)19-8-7-17-5-3-4-6-18(17)14-19/h3-8,13-14H,9-12H2,1-2H3. The fourth-order valence-corrected chi connectivity index (χ4v) is 3.50. The van der Waals surface area contributed by atoms with Gasteiger partial charge in [0, 0.05) is 43.5 Å². The molecule has 0 aliphatic carbocycles. The van der Waals surface area contributed by atoms with Crippen molar-refractivity contribution in [3.63, 3.8) is 0 Å². The molecule has 0 atom stereocenters. The van der Waals surface area contributed by atoms with Crippen LogP contribution in [0.4, 0.5) is 5.82 Å². The third kappa shape index (κ3) is 3.25. The maximum absolute atomic E-state index is 12.9. The molecule has 0 N–H and O–H groups in total. The number of carbonyl (C=O) groups excluding carboxylic acids is 1. The zero-order valence-corrected chi connectivity index (χ0v) is 15.1. The Morgan fingerprint density at radius 2 is 1.62 bits per heavy atom. The van der Waals surface area contributed by atoms with Gasteiger partial charge in [-0.25, -0.2) is 9.97 Å². The second-order valence-corrected chi connectivity index (χ2v) is 6.76. The molecule has 1 aliphatic rings. The minimum absolute atomic E-state index is 0.102. The number of piperazine rings is 1. The van der Waals surface area contributed by atoms with Crippen LogP contribution in [0.2, 0.25) is 0 Å². The number of amides is 1. The second-order valence-electron chi connectivity index (χ2n) is 6.76. The van der Waals surface area contributed by atoms with Crippen molar-refractivity contribution in [2.24, 2.45) is 0 Å². The van der Waals surface area contributed by atoms with Gasteiger partial charge in [-0.1, -0.05) is 30.3 Å². The Hall–Kier alpha value is -2.95. The minimum atomic E-state index is 0.102. The molecule has 0 saturated carbocycles. The first-order chi connectivity index (χ1) is 12.6. The molecular weight excluding hydrogens is 324 g/mol. The maximum atomic E-state index is 12.9. The van der Waals surface area contributed by atoms with E-state index in [4.69, 9.17) is 0 Å². The van der Waals surface area contributed by atoms with Crippen LogP contribution < -0.4 is 4.90 Å². The molecule has 0 spiro atoms. The zero-order chi connectivity index (χ0) is 18.1. The van der Waals surface area contributed by atoms with Crippen molar-refractivity contribution in [3.8, 4) is 0 Å². The average Bonchev–Trinajstić information content (AvgIpc) is 2.66. The number of rotatable bonds is 2. The van der Waals surface area contributed by atoms with Crippen molar-refractivity contribution in [2.45, 2.75) is 13.8 Å². The van der Waals surface area contributed by atoms with Crippen LogP contribution in [0, 0.1) is 13.8 Å². The van der Waals surface area contributed by atoms with Gasteiger partial charge in [-0.05, 0) is 36.8 Å². The Morgan fingerprint density at radius 1 is 0.885 bits per heavy atom. The summed E-state index contributed by atoms with van der Waals surface area (Å²) in [6.45, 7) is 6.87. The maximum Gasteiger partial charge on any atom is 0.253 e. The number of hydrogen-bond donors (Lipinski definition) is 0. The van der Waals surface area contributed by atoms with E-state index in [1.54, 1.807) is 0 Å². The molecule has 0 bridgehead atoms. The van der Waals surface area contributed by atoms with Crippen LogP contribution in [0.25, 0.3) is 10.8 Å². The Kier molecular flexibility index (Phi) is 4.29.